The van der Waals surface area contributed by atoms with Crippen LogP contribution in [0.2, 0.25) is 0 Å². The lowest BCUT2D eigenvalue weighted by Gasteiger charge is -2.05. The molecule has 0 aliphatic heterocycles. The predicted octanol–water partition coefficient (Wildman–Crippen LogP) is 2.26. The highest BCUT2D eigenvalue weighted by Crippen LogP contribution is 2.17. The van der Waals surface area contributed by atoms with Gasteiger partial charge in [-0.05, 0) is 26.8 Å². The van der Waals surface area contributed by atoms with Crippen molar-refractivity contribution in [3.63, 3.8) is 0 Å². The van der Waals surface area contributed by atoms with Gasteiger partial charge in [-0.15, -0.1) is 0 Å². The van der Waals surface area contributed by atoms with Gasteiger partial charge in [-0.25, -0.2) is 0 Å². The number of hydrogen-bond donors (Lipinski definition) is 0. The van der Waals surface area contributed by atoms with E-state index in [1.165, 1.54) is 0 Å². The molecule has 0 N–H and O–H groups in total. The number of carbonyl (C=O) groups is 1. The Morgan fingerprint density at radius 2 is 2.10 bits per heavy atom. The Kier molecular flexibility index (Phi) is 4.17. The van der Waals surface area contributed by atoms with E-state index < -0.39 is 0 Å². The third-order valence-electron chi connectivity index (χ3n) is 3.34. The third kappa shape index (κ3) is 2.87. The van der Waals surface area contributed by atoms with Crippen molar-refractivity contribution < 1.29 is 9.53 Å². The van der Waals surface area contributed by atoms with Crippen LogP contribution >= 0.6 is 0 Å². The van der Waals surface area contributed by atoms with Gasteiger partial charge in [0, 0.05) is 36.5 Å². The summed E-state index contributed by atoms with van der Waals surface area (Å²) in [4.78, 5) is 16.4. The molecule has 0 bridgehead atoms. The normalized spacial score (nSPS) is 10.6. The van der Waals surface area contributed by atoms with Crippen LogP contribution in [0.4, 0.5) is 0 Å². The minimum atomic E-state index is 0.0262. The molecule has 0 aliphatic carbocycles. The Balaban J connectivity index is 2.21. The monoisotopic (exact) mass is 273 g/mol. The fourth-order valence-corrected chi connectivity index (χ4v) is 2.15. The Morgan fingerprint density at radius 1 is 1.35 bits per heavy atom. The fraction of sp³-hybridized carbons (Fsp3) is 0.400. The maximum absolute atomic E-state index is 12.4. The zero-order chi connectivity index (χ0) is 14.7. The van der Waals surface area contributed by atoms with Crippen LogP contribution in [0.5, 0.6) is 5.75 Å². The average molecular weight is 273 g/mol. The lowest BCUT2D eigenvalue weighted by Crippen LogP contribution is -2.06. The summed E-state index contributed by atoms with van der Waals surface area (Å²) < 4.78 is 7.17. The summed E-state index contributed by atoms with van der Waals surface area (Å²) >= 11 is 0. The highest BCUT2D eigenvalue weighted by Gasteiger charge is 2.15. The van der Waals surface area contributed by atoms with Crippen molar-refractivity contribution >= 4 is 5.78 Å². The third-order valence-corrected chi connectivity index (χ3v) is 3.34. The maximum atomic E-state index is 12.4. The first kappa shape index (κ1) is 14.2. The predicted molar refractivity (Wildman–Crippen MR) is 76.1 cm³/mol. The van der Waals surface area contributed by atoms with E-state index >= 15 is 0 Å². The number of ketones is 1. The molecule has 0 aromatic carbocycles. The molecule has 2 aromatic rings. The summed E-state index contributed by atoms with van der Waals surface area (Å²) in [5, 5.41) is 4.33. The second kappa shape index (κ2) is 5.86. The molecule has 0 radical (unpaired) electrons. The number of nitrogens with zero attached hydrogens (tertiary/aromatic N) is 3. The van der Waals surface area contributed by atoms with Crippen molar-refractivity contribution in [2.24, 2.45) is 7.05 Å². The van der Waals surface area contributed by atoms with Gasteiger partial charge in [-0.1, -0.05) is 0 Å². The molecule has 5 nitrogen and oxygen atoms in total. The van der Waals surface area contributed by atoms with Crippen LogP contribution in [0.1, 0.15) is 34.2 Å². The number of carbonyl (C=O) groups excluding carboxylic acids is 1. The van der Waals surface area contributed by atoms with Gasteiger partial charge in [0.2, 0.25) is 0 Å². The van der Waals surface area contributed by atoms with Gasteiger partial charge in [0.15, 0.2) is 5.78 Å². The highest BCUT2D eigenvalue weighted by atomic mass is 16.5. The quantitative estimate of drug-likeness (QED) is 0.784. The largest absolute Gasteiger partial charge is 0.492 e. The molecule has 106 valence electrons. The van der Waals surface area contributed by atoms with Crippen molar-refractivity contribution in [1.29, 1.82) is 0 Å². The van der Waals surface area contributed by atoms with Crippen molar-refractivity contribution in [3.05, 3.63) is 41.0 Å². The van der Waals surface area contributed by atoms with Crippen LogP contribution in [0.3, 0.4) is 0 Å². The fourth-order valence-electron chi connectivity index (χ4n) is 2.15. The van der Waals surface area contributed by atoms with Gasteiger partial charge in [0.1, 0.15) is 5.75 Å². The van der Waals surface area contributed by atoms with E-state index in [0.717, 1.165) is 17.0 Å². The zero-order valence-electron chi connectivity index (χ0n) is 12.3. The van der Waals surface area contributed by atoms with Crippen LogP contribution in [0.15, 0.2) is 18.5 Å². The Hall–Kier alpha value is -2.17. The molecule has 0 spiro atoms. The molecule has 5 heteroatoms. The maximum Gasteiger partial charge on any atom is 0.169 e. The van der Waals surface area contributed by atoms with Crippen LogP contribution in [0.25, 0.3) is 0 Å². The molecule has 0 fully saturated rings. The van der Waals surface area contributed by atoms with Gasteiger partial charge in [-0.3, -0.25) is 14.5 Å². The molecule has 20 heavy (non-hydrogen) atoms. The molecule has 0 unspecified atom stereocenters. The van der Waals surface area contributed by atoms with Gasteiger partial charge < -0.3 is 4.74 Å². The zero-order valence-corrected chi connectivity index (χ0v) is 12.3. The van der Waals surface area contributed by atoms with Crippen molar-refractivity contribution in [2.75, 3.05) is 6.61 Å². The summed E-state index contributed by atoms with van der Waals surface area (Å²) in [5.74, 6) is 0.649. The number of pyridine rings is 1. The summed E-state index contributed by atoms with van der Waals surface area (Å²) in [6, 6.07) is 1.74. The van der Waals surface area contributed by atoms with Crippen LogP contribution in [0, 0.1) is 13.8 Å². The minimum absolute atomic E-state index is 0.0262. The Morgan fingerprint density at radius 3 is 2.70 bits per heavy atom. The molecule has 2 rings (SSSR count). The van der Waals surface area contributed by atoms with E-state index in [2.05, 4.69) is 10.1 Å². The molecule has 0 aliphatic rings. The molecule has 2 aromatic heterocycles. The molecule has 0 amide bonds. The molecule has 0 saturated heterocycles. The molecule has 0 atom stereocenters. The van der Waals surface area contributed by atoms with E-state index in [4.69, 9.17) is 4.74 Å². The molecule has 2 heterocycles. The second-order valence-electron chi connectivity index (χ2n) is 4.72. The number of rotatable bonds is 5. The van der Waals surface area contributed by atoms with Gasteiger partial charge in [0.05, 0.1) is 18.5 Å². The van der Waals surface area contributed by atoms with Crippen LogP contribution < -0.4 is 4.74 Å². The second-order valence-corrected chi connectivity index (χ2v) is 4.72. The lowest BCUT2D eigenvalue weighted by molar-refractivity contribution is 0.0991. The standard InChI is InChI=1S/C15H19N3O2/c1-5-20-13-6-12(8-16-9-13)15(19)7-14-10(2)17-18(4)11(14)3/h6,8-9H,5,7H2,1-4H3. The average Bonchev–Trinajstić information content (AvgIpc) is 2.66. The minimum Gasteiger partial charge on any atom is -0.492 e. The lowest BCUT2D eigenvalue weighted by atomic mass is 10.0. The van der Waals surface area contributed by atoms with E-state index in [9.17, 15) is 4.79 Å². The van der Waals surface area contributed by atoms with Gasteiger partial charge >= 0.3 is 0 Å². The van der Waals surface area contributed by atoms with Crippen LogP contribution in [-0.4, -0.2) is 27.2 Å². The highest BCUT2D eigenvalue weighted by molar-refractivity contribution is 5.97. The number of ether oxygens (including phenoxy) is 1. The SMILES string of the molecule is CCOc1cncc(C(=O)Cc2c(C)nn(C)c2C)c1. The van der Waals surface area contributed by atoms with E-state index in [1.54, 1.807) is 23.1 Å². The summed E-state index contributed by atoms with van der Waals surface area (Å²) in [5.41, 5.74) is 3.47. The summed E-state index contributed by atoms with van der Waals surface area (Å²) in [6.07, 6.45) is 3.52. The van der Waals surface area contributed by atoms with Crippen molar-refractivity contribution in [2.45, 2.75) is 27.2 Å². The van der Waals surface area contributed by atoms with Crippen molar-refractivity contribution in [3.8, 4) is 5.75 Å². The Labute approximate surface area is 118 Å². The number of hydrogen-bond acceptors (Lipinski definition) is 4. The first-order chi connectivity index (χ1) is 9.52. The van der Waals surface area contributed by atoms with E-state index in [-0.39, 0.29) is 5.78 Å². The van der Waals surface area contributed by atoms with E-state index in [0.29, 0.717) is 24.3 Å². The number of aromatic nitrogens is 3. The van der Waals surface area contributed by atoms with E-state index in [1.807, 2.05) is 27.8 Å². The molecular formula is C15H19N3O2. The van der Waals surface area contributed by atoms with Gasteiger partial charge in [0.25, 0.3) is 0 Å². The Bertz CT molecular complexity index is 632. The number of Topliss-reactive ketones (excluding diaryl/α,β-unsaturated/α-hetero) is 1. The smallest absolute Gasteiger partial charge is 0.169 e. The topological polar surface area (TPSA) is 57.0 Å². The first-order valence-electron chi connectivity index (χ1n) is 6.63. The number of aryl methyl sites for hydroxylation is 2. The first-order valence-corrected chi connectivity index (χ1v) is 6.63. The molecular weight excluding hydrogens is 254 g/mol. The van der Waals surface area contributed by atoms with Crippen LogP contribution in [-0.2, 0) is 13.5 Å². The van der Waals surface area contributed by atoms with Crippen molar-refractivity contribution in [1.82, 2.24) is 14.8 Å². The summed E-state index contributed by atoms with van der Waals surface area (Å²) in [7, 11) is 1.88. The molecule has 0 saturated carbocycles. The van der Waals surface area contributed by atoms with Gasteiger partial charge in [-0.2, -0.15) is 5.10 Å². The summed E-state index contributed by atoms with van der Waals surface area (Å²) in [6.45, 7) is 6.35.